The van der Waals surface area contributed by atoms with Crippen LogP contribution in [0, 0.1) is 41.5 Å². The fourth-order valence-electron chi connectivity index (χ4n) is 7.27. The van der Waals surface area contributed by atoms with Gasteiger partial charge < -0.3 is 0 Å². The van der Waals surface area contributed by atoms with Crippen LogP contribution in [0.15, 0.2) is 110 Å². The van der Waals surface area contributed by atoms with Gasteiger partial charge in [0.2, 0.25) is 0 Å². The van der Waals surface area contributed by atoms with Crippen LogP contribution in [0.2, 0.25) is 0 Å². The van der Waals surface area contributed by atoms with Crippen LogP contribution in [0.3, 0.4) is 0 Å². The minimum absolute atomic E-state index is 0.813. The van der Waals surface area contributed by atoms with E-state index in [4.69, 9.17) is 28.7 Å². The van der Waals surface area contributed by atoms with E-state index in [9.17, 15) is 0 Å². The largest absolute Gasteiger partial charge is 0.236 e. The van der Waals surface area contributed by atoms with Crippen molar-refractivity contribution < 1.29 is 0 Å². The van der Waals surface area contributed by atoms with Crippen LogP contribution in [-0.2, 0) is 0 Å². The van der Waals surface area contributed by atoms with E-state index in [1.807, 2.05) is 0 Å². The summed E-state index contributed by atoms with van der Waals surface area (Å²) in [4.78, 5) is 20.0. The molecule has 0 aliphatic rings. The lowest BCUT2D eigenvalue weighted by Gasteiger charge is -2.22. The monoisotopic (exact) mass is 680 g/mol. The van der Waals surface area contributed by atoms with Crippen LogP contribution >= 0.6 is 11.7 Å². The first kappa shape index (κ1) is 32.3. The van der Waals surface area contributed by atoms with Gasteiger partial charge in [-0.15, -0.1) is 0 Å². The molecule has 0 bridgehead atoms. The third-order valence-corrected chi connectivity index (χ3v) is 10.6. The van der Waals surface area contributed by atoms with Crippen LogP contribution in [0.1, 0.15) is 33.4 Å². The summed E-state index contributed by atoms with van der Waals surface area (Å²) >= 11 is 1.23. The van der Waals surface area contributed by atoms with Gasteiger partial charge in [-0.2, -0.15) is 8.75 Å². The van der Waals surface area contributed by atoms with Gasteiger partial charge in [-0.25, -0.2) is 19.9 Å². The van der Waals surface area contributed by atoms with Crippen molar-refractivity contribution in [1.82, 2.24) is 28.7 Å². The molecule has 8 aromatic rings. The zero-order valence-corrected chi connectivity index (χ0v) is 30.3. The maximum atomic E-state index is 5.07. The first-order valence-electron chi connectivity index (χ1n) is 17.0. The Bertz CT molecular complexity index is 2320. The molecule has 5 aromatic carbocycles. The van der Waals surface area contributed by atoms with Crippen molar-refractivity contribution in [2.45, 2.75) is 41.5 Å². The van der Waals surface area contributed by atoms with Gasteiger partial charge in [-0.1, -0.05) is 97.1 Å². The predicted molar refractivity (Wildman–Crippen MR) is 210 cm³/mol. The van der Waals surface area contributed by atoms with Crippen LogP contribution in [0.4, 0.5) is 0 Å². The Morgan fingerprint density at radius 2 is 0.627 bits per heavy atom. The van der Waals surface area contributed by atoms with Crippen LogP contribution < -0.4 is 0 Å². The molecule has 51 heavy (non-hydrogen) atoms. The van der Waals surface area contributed by atoms with Crippen molar-refractivity contribution in [3.05, 3.63) is 143 Å². The minimum Gasteiger partial charge on any atom is -0.236 e. The van der Waals surface area contributed by atoms with Gasteiger partial charge in [-0.3, -0.25) is 0 Å². The summed E-state index contributed by atoms with van der Waals surface area (Å²) < 4.78 is 10.1. The van der Waals surface area contributed by atoms with Gasteiger partial charge in [0.15, 0.2) is 0 Å². The van der Waals surface area contributed by atoms with Gasteiger partial charge in [0.1, 0.15) is 23.7 Å². The summed E-state index contributed by atoms with van der Waals surface area (Å²) in [5, 5.41) is 0. The molecule has 8 rings (SSSR count). The topological polar surface area (TPSA) is 77.3 Å². The van der Waals surface area contributed by atoms with Crippen molar-refractivity contribution in [3.8, 4) is 67.3 Å². The standard InChI is InChI=1S/C44H36N6S/c1-25-15-7-11-19-31(25)39-37(40(46-23-45-39)32-20-12-8-16-26(32)2)35-29(5)30(6)36(44-43(35)49-51-50-44)38-41(33-21-13-9-17-27(33)3)47-24-48-42(38)34-22-14-10-18-28(34)4/h7-24H,1-6H3. The Kier molecular flexibility index (Phi) is 8.28. The van der Waals surface area contributed by atoms with Gasteiger partial charge in [-0.05, 0) is 74.9 Å². The van der Waals surface area contributed by atoms with Crippen molar-refractivity contribution in [3.63, 3.8) is 0 Å². The highest BCUT2D eigenvalue weighted by Gasteiger charge is 2.30. The highest BCUT2D eigenvalue weighted by molar-refractivity contribution is 7.00. The molecule has 0 amide bonds. The molecule has 3 aromatic heterocycles. The number of hydrogen-bond acceptors (Lipinski definition) is 7. The first-order valence-corrected chi connectivity index (χ1v) is 17.8. The molecular formula is C44H36N6S. The second kappa shape index (κ2) is 13.1. The summed E-state index contributed by atoms with van der Waals surface area (Å²) in [7, 11) is 0. The average molecular weight is 681 g/mol. The molecule has 0 atom stereocenters. The average Bonchev–Trinajstić information content (AvgIpc) is 3.62. The summed E-state index contributed by atoms with van der Waals surface area (Å²) in [5.74, 6) is 0. The third-order valence-electron chi connectivity index (χ3n) is 10.1. The fraction of sp³-hybridized carbons (Fsp3) is 0.136. The molecule has 0 aliphatic heterocycles. The highest BCUT2D eigenvalue weighted by Crippen LogP contribution is 2.49. The number of nitrogens with zero attached hydrogens (tertiary/aromatic N) is 6. The fourth-order valence-corrected chi connectivity index (χ4v) is 7.83. The summed E-state index contributed by atoms with van der Waals surface area (Å²) in [5.41, 5.74) is 19.9. The lowest BCUT2D eigenvalue weighted by Crippen LogP contribution is -2.04. The Balaban J connectivity index is 1.52. The summed E-state index contributed by atoms with van der Waals surface area (Å²) in [6.07, 6.45) is 3.37. The molecule has 3 heterocycles. The molecule has 0 saturated heterocycles. The van der Waals surface area contributed by atoms with Crippen molar-refractivity contribution in [2.24, 2.45) is 0 Å². The van der Waals surface area contributed by atoms with Crippen LogP contribution in [0.5, 0.6) is 0 Å². The van der Waals surface area contributed by atoms with E-state index in [0.29, 0.717) is 0 Å². The number of aromatic nitrogens is 6. The van der Waals surface area contributed by atoms with E-state index in [-0.39, 0.29) is 0 Å². The highest BCUT2D eigenvalue weighted by atomic mass is 32.1. The molecule has 0 spiro atoms. The molecule has 248 valence electrons. The quantitative estimate of drug-likeness (QED) is 0.174. The zero-order chi connectivity index (χ0) is 35.2. The van der Waals surface area contributed by atoms with Crippen molar-refractivity contribution >= 4 is 22.8 Å². The van der Waals surface area contributed by atoms with E-state index in [2.05, 4.69) is 139 Å². The van der Waals surface area contributed by atoms with Gasteiger partial charge in [0.25, 0.3) is 0 Å². The second-order valence-corrected chi connectivity index (χ2v) is 13.6. The lowest BCUT2D eigenvalue weighted by molar-refractivity contribution is 1.16. The van der Waals surface area contributed by atoms with Crippen LogP contribution in [0.25, 0.3) is 78.3 Å². The van der Waals surface area contributed by atoms with Crippen molar-refractivity contribution in [2.75, 3.05) is 0 Å². The molecule has 0 aliphatic carbocycles. The lowest BCUT2D eigenvalue weighted by atomic mass is 9.83. The number of benzene rings is 5. The maximum Gasteiger partial charge on any atom is 0.116 e. The first-order chi connectivity index (χ1) is 24.8. The Labute approximate surface area is 302 Å². The molecule has 7 heteroatoms. The second-order valence-electron chi connectivity index (χ2n) is 13.1. The molecule has 0 radical (unpaired) electrons. The molecule has 0 fully saturated rings. The van der Waals surface area contributed by atoms with E-state index in [1.54, 1.807) is 12.7 Å². The summed E-state index contributed by atoms with van der Waals surface area (Å²) in [6, 6.07) is 33.6. The van der Waals surface area contributed by atoms with Gasteiger partial charge in [0, 0.05) is 44.5 Å². The summed E-state index contributed by atoms with van der Waals surface area (Å²) in [6.45, 7) is 12.9. The number of rotatable bonds is 6. The van der Waals surface area contributed by atoms with E-state index in [0.717, 1.165) is 112 Å². The number of fused-ring (bicyclic) bond motifs is 1. The Morgan fingerprint density at radius 3 is 0.902 bits per heavy atom. The van der Waals surface area contributed by atoms with Gasteiger partial charge in [0.05, 0.1) is 34.5 Å². The molecule has 0 unspecified atom stereocenters. The van der Waals surface area contributed by atoms with E-state index in [1.165, 1.54) is 11.7 Å². The molecule has 0 N–H and O–H groups in total. The maximum absolute atomic E-state index is 5.07. The third kappa shape index (κ3) is 5.41. The molecular weight excluding hydrogens is 645 g/mol. The van der Waals surface area contributed by atoms with Gasteiger partial charge >= 0.3 is 0 Å². The smallest absolute Gasteiger partial charge is 0.116 e. The number of aryl methyl sites for hydroxylation is 4. The normalized spacial score (nSPS) is 11.3. The predicted octanol–water partition coefficient (Wildman–Crippen LogP) is 11.1. The number of hydrogen-bond donors (Lipinski definition) is 0. The zero-order valence-electron chi connectivity index (χ0n) is 29.5. The Hall–Kier alpha value is -5.92. The Morgan fingerprint density at radius 1 is 0.353 bits per heavy atom. The molecule has 0 saturated carbocycles. The SMILES string of the molecule is Cc1ccccc1-c1ncnc(-c2ccccc2C)c1-c1c(C)c(C)c(-c2c(-c3ccccc3C)ncnc2-c2ccccc2C)c2nsnc12. The van der Waals surface area contributed by atoms with E-state index < -0.39 is 0 Å². The van der Waals surface area contributed by atoms with Crippen molar-refractivity contribution in [1.29, 1.82) is 0 Å². The van der Waals surface area contributed by atoms with E-state index >= 15 is 0 Å². The van der Waals surface area contributed by atoms with Crippen LogP contribution in [-0.4, -0.2) is 28.7 Å². The molecule has 6 nitrogen and oxygen atoms in total. The minimum atomic E-state index is 0.813.